The van der Waals surface area contributed by atoms with Crippen LogP contribution in [0.1, 0.15) is 37.3 Å². The lowest BCUT2D eigenvalue weighted by atomic mass is 9.81. The molecule has 4 unspecified atom stereocenters. The summed E-state index contributed by atoms with van der Waals surface area (Å²) in [5, 5.41) is 3.54. The molecule has 18 heavy (non-hydrogen) atoms. The van der Waals surface area contributed by atoms with E-state index in [0.717, 1.165) is 17.8 Å². The molecule has 2 fully saturated rings. The van der Waals surface area contributed by atoms with Crippen LogP contribution >= 0.6 is 11.3 Å². The molecular weight excluding hydrogens is 238 g/mol. The Labute approximate surface area is 112 Å². The highest BCUT2D eigenvalue weighted by Crippen LogP contribution is 2.52. The molecule has 2 aliphatic carbocycles. The Balaban J connectivity index is 1.72. The minimum atomic E-state index is 0.252. The fraction of sp³-hybridized carbons (Fsp3) is 0.500. The fourth-order valence-electron chi connectivity index (χ4n) is 4.24. The van der Waals surface area contributed by atoms with E-state index in [1.54, 1.807) is 0 Å². The van der Waals surface area contributed by atoms with E-state index in [2.05, 4.69) is 29.6 Å². The standard InChI is InChI=1S/C16H19NS/c17-15(14-9-10-4-5-12(14)8-10)13-3-1-2-11-6-7-18-16(11)13/h1-3,6-7,10,12,14-15H,4-5,8-9,17H2. The number of thiophene rings is 1. The quantitative estimate of drug-likeness (QED) is 0.851. The molecule has 2 aromatic rings. The van der Waals surface area contributed by atoms with E-state index in [1.165, 1.54) is 41.3 Å². The molecule has 1 aromatic heterocycles. The summed E-state index contributed by atoms with van der Waals surface area (Å²) in [4.78, 5) is 0. The largest absolute Gasteiger partial charge is 0.324 e. The molecule has 1 aromatic carbocycles. The van der Waals surface area contributed by atoms with Crippen molar-refractivity contribution in [2.75, 3.05) is 0 Å². The van der Waals surface area contributed by atoms with Crippen molar-refractivity contribution in [1.82, 2.24) is 0 Å². The van der Waals surface area contributed by atoms with Gasteiger partial charge in [-0.25, -0.2) is 0 Å². The van der Waals surface area contributed by atoms with Crippen molar-refractivity contribution in [1.29, 1.82) is 0 Å². The molecule has 94 valence electrons. The molecule has 0 radical (unpaired) electrons. The van der Waals surface area contributed by atoms with Crippen LogP contribution in [0.5, 0.6) is 0 Å². The molecule has 2 heteroatoms. The average Bonchev–Trinajstić information content (AvgIpc) is 3.12. The Bertz CT molecular complexity index is 573. The zero-order valence-electron chi connectivity index (χ0n) is 10.5. The molecule has 2 N–H and O–H groups in total. The van der Waals surface area contributed by atoms with Crippen molar-refractivity contribution < 1.29 is 0 Å². The SMILES string of the molecule is NC(c1cccc2ccsc12)C1CC2CCC1C2. The molecule has 2 bridgehead atoms. The van der Waals surface area contributed by atoms with Gasteiger partial charge in [0, 0.05) is 10.7 Å². The maximum atomic E-state index is 6.62. The normalized spacial score (nSPS) is 32.2. The number of benzene rings is 1. The monoisotopic (exact) mass is 257 g/mol. The molecule has 2 aliphatic rings. The fourth-order valence-corrected chi connectivity index (χ4v) is 5.21. The molecule has 2 saturated carbocycles. The second-order valence-corrected chi connectivity index (χ2v) is 6.97. The molecular formula is C16H19NS. The van der Waals surface area contributed by atoms with E-state index in [-0.39, 0.29) is 6.04 Å². The van der Waals surface area contributed by atoms with Crippen LogP contribution in [-0.4, -0.2) is 0 Å². The third-order valence-electron chi connectivity index (χ3n) is 5.12. The second kappa shape index (κ2) is 4.07. The van der Waals surface area contributed by atoms with Crippen LogP contribution in [-0.2, 0) is 0 Å². The Morgan fingerprint density at radius 1 is 1.17 bits per heavy atom. The van der Waals surface area contributed by atoms with Gasteiger partial charge in [-0.3, -0.25) is 0 Å². The van der Waals surface area contributed by atoms with E-state index in [1.807, 2.05) is 11.3 Å². The number of hydrogen-bond donors (Lipinski definition) is 1. The molecule has 0 spiro atoms. The molecule has 1 heterocycles. The van der Waals surface area contributed by atoms with Crippen LogP contribution in [0.3, 0.4) is 0 Å². The van der Waals surface area contributed by atoms with Gasteiger partial charge in [0.15, 0.2) is 0 Å². The third kappa shape index (κ3) is 1.55. The van der Waals surface area contributed by atoms with Gasteiger partial charge in [0.1, 0.15) is 0 Å². The summed E-state index contributed by atoms with van der Waals surface area (Å²) in [6.07, 6.45) is 5.69. The van der Waals surface area contributed by atoms with E-state index in [9.17, 15) is 0 Å². The van der Waals surface area contributed by atoms with E-state index in [4.69, 9.17) is 5.73 Å². The lowest BCUT2D eigenvalue weighted by Gasteiger charge is -2.28. The van der Waals surface area contributed by atoms with Crippen molar-refractivity contribution in [3.05, 3.63) is 35.2 Å². The molecule has 0 aliphatic heterocycles. The molecule has 0 amide bonds. The average molecular weight is 257 g/mol. The van der Waals surface area contributed by atoms with Gasteiger partial charge in [0.25, 0.3) is 0 Å². The van der Waals surface area contributed by atoms with Crippen LogP contribution < -0.4 is 5.73 Å². The summed E-state index contributed by atoms with van der Waals surface area (Å²) < 4.78 is 1.41. The highest BCUT2D eigenvalue weighted by atomic mass is 32.1. The van der Waals surface area contributed by atoms with Crippen LogP contribution in [0.15, 0.2) is 29.6 Å². The van der Waals surface area contributed by atoms with Crippen molar-refractivity contribution in [3.8, 4) is 0 Å². The minimum absolute atomic E-state index is 0.252. The van der Waals surface area contributed by atoms with Gasteiger partial charge in [-0.1, -0.05) is 24.6 Å². The Kier molecular flexibility index (Phi) is 2.49. The van der Waals surface area contributed by atoms with E-state index >= 15 is 0 Å². The predicted molar refractivity (Wildman–Crippen MR) is 77.7 cm³/mol. The number of hydrogen-bond acceptors (Lipinski definition) is 2. The van der Waals surface area contributed by atoms with Crippen molar-refractivity contribution in [2.45, 2.75) is 31.7 Å². The Morgan fingerprint density at radius 3 is 2.89 bits per heavy atom. The zero-order chi connectivity index (χ0) is 12.1. The number of fused-ring (bicyclic) bond motifs is 3. The maximum absolute atomic E-state index is 6.62. The topological polar surface area (TPSA) is 26.0 Å². The first-order valence-corrected chi connectivity index (χ1v) is 7.92. The second-order valence-electron chi connectivity index (χ2n) is 6.05. The first-order valence-electron chi connectivity index (χ1n) is 7.04. The maximum Gasteiger partial charge on any atom is 0.0390 e. The van der Waals surface area contributed by atoms with Gasteiger partial charge < -0.3 is 5.73 Å². The molecule has 0 saturated heterocycles. The summed E-state index contributed by atoms with van der Waals surface area (Å²) in [6, 6.07) is 9.06. The zero-order valence-corrected chi connectivity index (χ0v) is 11.3. The van der Waals surface area contributed by atoms with Crippen molar-refractivity contribution >= 4 is 21.4 Å². The summed E-state index contributed by atoms with van der Waals surface area (Å²) in [5.74, 6) is 2.62. The van der Waals surface area contributed by atoms with Gasteiger partial charge in [0.2, 0.25) is 0 Å². The molecule has 1 nitrogen and oxygen atoms in total. The Morgan fingerprint density at radius 2 is 2.11 bits per heavy atom. The molecule has 4 atom stereocenters. The summed E-state index contributed by atoms with van der Waals surface area (Å²) in [6.45, 7) is 0. The first kappa shape index (κ1) is 11.0. The lowest BCUT2D eigenvalue weighted by Crippen LogP contribution is -2.25. The van der Waals surface area contributed by atoms with Gasteiger partial charge >= 0.3 is 0 Å². The number of rotatable bonds is 2. The first-order chi connectivity index (χ1) is 8.83. The lowest BCUT2D eigenvalue weighted by molar-refractivity contribution is 0.285. The van der Waals surface area contributed by atoms with Crippen LogP contribution in [0, 0.1) is 17.8 Å². The van der Waals surface area contributed by atoms with Crippen LogP contribution in [0.2, 0.25) is 0 Å². The van der Waals surface area contributed by atoms with Crippen LogP contribution in [0.25, 0.3) is 10.1 Å². The smallest absolute Gasteiger partial charge is 0.0390 e. The third-order valence-corrected chi connectivity index (χ3v) is 6.10. The van der Waals surface area contributed by atoms with E-state index in [0.29, 0.717) is 0 Å². The van der Waals surface area contributed by atoms with Gasteiger partial charge in [-0.05, 0) is 59.4 Å². The molecule has 4 rings (SSSR count). The summed E-state index contributed by atoms with van der Waals surface area (Å²) >= 11 is 1.84. The minimum Gasteiger partial charge on any atom is -0.324 e. The summed E-state index contributed by atoms with van der Waals surface area (Å²) in [7, 11) is 0. The van der Waals surface area contributed by atoms with Crippen molar-refractivity contribution in [2.24, 2.45) is 23.5 Å². The van der Waals surface area contributed by atoms with Gasteiger partial charge in [0.05, 0.1) is 0 Å². The van der Waals surface area contributed by atoms with Gasteiger partial charge in [-0.2, -0.15) is 0 Å². The predicted octanol–water partition coefficient (Wildman–Crippen LogP) is 4.34. The highest BCUT2D eigenvalue weighted by Gasteiger charge is 2.42. The highest BCUT2D eigenvalue weighted by molar-refractivity contribution is 7.17. The van der Waals surface area contributed by atoms with E-state index < -0.39 is 0 Å². The van der Waals surface area contributed by atoms with Crippen LogP contribution in [0.4, 0.5) is 0 Å². The number of nitrogens with two attached hydrogens (primary N) is 1. The Hall–Kier alpha value is -0.860. The van der Waals surface area contributed by atoms with Gasteiger partial charge in [-0.15, -0.1) is 11.3 Å². The summed E-state index contributed by atoms with van der Waals surface area (Å²) in [5.41, 5.74) is 8.01. The van der Waals surface area contributed by atoms with Crippen molar-refractivity contribution in [3.63, 3.8) is 0 Å².